The number of imide groups is 1. The van der Waals surface area contributed by atoms with Crippen LogP contribution in [-0.2, 0) is 14.3 Å². The quantitative estimate of drug-likeness (QED) is 0.222. The average molecular weight is 503 g/mol. The second-order valence-corrected chi connectivity index (χ2v) is 7.92. The largest absolute Gasteiger partial charge is 0.493 e. The van der Waals surface area contributed by atoms with Crippen molar-refractivity contribution in [3.8, 4) is 17.2 Å². The van der Waals surface area contributed by atoms with Crippen LogP contribution in [0.5, 0.6) is 17.2 Å². The van der Waals surface area contributed by atoms with Crippen LogP contribution in [0.1, 0.15) is 12.5 Å². The highest BCUT2D eigenvalue weighted by Gasteiger charge is 2.41. The van der Waals surface area contributed by atoms with Crippen molar-refractivity contribution >= 4 is 46.3 Å². The molecule has 13 nitrogen and oxygen atoms in total. The van der Waals surface area contributed by atoms with Gasteiger partial charge in [0.25, 0.3) is 16.8 Å². The Labute approximate surface area is 201 Å². The van der Waals surface area contributed by atoms with Crippen molar-refractivity contribution in [3.05, 3.63) is 67.1 Å². The molecule has 1 heterocycles. The van der Waals surface area contributed by atoms with Gasteiger partial charge in [-0.05, 0) is 48.5 Å². The standard InChI is InChI=1S/C21H17N3O10S/c1-11(20(26)33-3)22-19(25)18(35-21(22)27)9-12-4-6-16(17(8-12)32-2)34-15-7-5-13(23(28)29)10-14(15)24(30)31/h4-11H,1-3H3/b18-9+/t11-/m0/s1. The number of thioether (sulfide) groups is 1. The summed E-state index contributed by atoms with van der Waals surface area (Å²) in [7, 11) is 2.47. The molecule has 2 aromatic carbocycles. The smallest absolute Gasteiger partial charge is 0.328 e. The molecule has 0 aromatic heterocycles. The van der Waals surface area contributed by atoms with Crippen molar-refractivity contribution in [2.75, 3.05) is 14.2 Å². The van der Waals surface area contributed by atoms with Gasteiger partial charge in [-0.15, -0.1) is 0 Å². The molecular formula is C21H17N3O10S. The lowest BCUT2D eigenvalue weighted by molar-refractivity contribution is -0.394. The predicted molar refractivity (Wildman–Crippen MR) is 122 cm³/mol. The van der Waals surface area contributed by atoms with E-state index in [1.165, 1.54) is 38.3 Å². The monoisotopic (exact) mass is 503 g/mol. The van der Waals surface area contributed by atoms with Crippen LogP contribution in [-0.4, -0.2) is 52.1 Å². The van der Waals surface area contributed by atoms with Crippen LogP contribution < -0.4 is 9.47 Å². The summed E-state index contributed by atoms with van der Waals surface area (Å²) in [5.41, 5.74) is -0.649. The molecule has 0 unspecified atom stereocenters. The number of nitro benzene ring substituents is 2. The fourth-order valence-corrected chi connectivity index (χ4v) is 3.97. The highest BCUT2D eigenvalue weighted by molar-refractivity contribution is 8.18. The van der Waals surface area contributed by atoms with Crippen LogP contribution in [0.4, 0.5) is 16.2 Å². The number of hydrogen-bond acceptors (Lipinski definition) is 11. The number of rotatable bonds is 8. The molecule has 1 fully saturated rings. The first-order valence-corrected chi connectivity index (χ1v) is 10.5. The Hall–Kier alpha value is -4.46. The Bertz CT molecular complexity index is 1280. The minimum absolute atomic E-state index is 0.0625. The Morgan fingerprint density at radius 3 is 2.31 bits per heavy atom. The van der Waals surface area contributed by atoms with Crippen LogP contribution >= 0.6 is 11.8 Å². The molecule has 0 saturated carbocycles. The van der Waals surface area contributed by atoms with E-state index < -0.39 is 44.4 Å². The van der Waals surface area contributed by atoms with Gasteiger partial charge in [-0.3, -0.25) is 34.7 Å². The number of ether oxygens (including phenoxy) is 3. The molecule has 0 spiro atoms. The van der Waals surface area contributed by atoms with E-state index in [2.05, 4.69) is 4.74 Å². The van der Waals surface area contributed by atoms with Crippen LogP contribution in [0, 0.1) is 20.2 Å². The first-order valence-electron chi connectivity index (χ1n) is 9.71. The zero-order valence-electron chi connectivity index (χ0n) is 18.5. The topological polar surface area (TPSA) is 168 Å². The summed E-state index contributed by atoms with van der Waals surface area (Å²) in [6.45, 7) is 1.37. The van der Waals surface area contributed by atoms with Crippen molar-refractivity contribution in [2.45, 2.75) is 13.0 Å². The lowest BCUT2D eigenvalue weighted by Gasteiger charge is -2.18. The lowest BCUT2D eigenvalue weighted by atomic mass is 10.1. The van der Waals surface area contributed by atoms with E-state index in [0.29, 0.717) is 17.3 Å². The van der Waals surface area contributed by atoms with Gasteiger partial charge < -0.3 is 14.2 Å². The zero-order valence-corrected chi connectivity index (χ0v) is 19.3. The maximum atomic E-state index is 12.7. The van der Waals surface area contributed by atoms with Gasteiger partial charge in [0, 0.05) is 6.07 Å². The van der Waals surface area contributed by atoms with Crippen LogP contribution in [0.3, 0.4) is 0 Å². The lowest BCUT2D eigenvalue weighted by Crippen LogP contribution is -2.42. The van der Waals surface area contributed by atoms with Crippen molar-refractivity contribution < 1.29 is 38.4 Å². The molecule has 1 aliphatic rings. The number of esters is 1. The van der Waals surface area contributed by atoms with Gasteiger partial charge in [-0.2, -0.15) is 0 Å². The molecule has 1 atom stereocenters. The third kappa shape index (κ3) is 5.22. The Kier molecular flexibility index (Phi) is 7.34. The normalized spacial score (nSPS) is 15.2. The summed E-state index contributed by atoms with van der Waals surface area (Å²) >= 11 is 0.651. The molecule has 2 amide bonds. The minimum atomic E-state index is -1.10. The summed E-state index contributed by atoms with van der Waals surface area (Å²) in [4.78, 5) is 58.2. The molecule has 35 heavy (non-hydrogen) atoms. The second-order valence-electron chi connectivity index (χ2n) is 6.93. The zero-order chi connectivity index (χ0) is 25.9. The van der Waals surface area contributed by atoms with Crippen molar-refractivity contribution in [1.29, 1.82) is 0 Å². The molecular weight excluding hydrogens is 486 g/mol. The SMILES string of the molecule is COC(=O)[C@H](C)N1C(=O)S/C(=C/c2ccc(Oc3ccc([N+](=O)[O-])cc3[N+](=O)[O-])c(OC)c2)C1=O. The second kappa shape index (κ2) is 10.2. The molecule has 182 valence electrons. The number of hydrogen-bond donors (Lipinski definition) is 0. The molecule has 3 rings (SSSR count). The Morgan fingerprint density at radius 1 is 1.03 bits per heavy atom. The Balaban J connectivity index is 1.90. The van der Waals surface area contributed by atoms with E-state index in [4.69, 9.17) is 9.47 Å². The van der Waals surface area contributed by atoms with Crippen molar-refractivity contribution in [3.63, 3.8) is 0 Å². The average Bonchev–Trinajstić information content (AvgIpc) is 3.11. The van der Waals surface area contributed by atoms with Crippen LogP contribution in [0.2, 0.25) is 0 Å². The molecule has 14 heteroatoms. The van der Waals surface area contributed by atoms with E-state index >= 15 is 0 Å². The number of benzene rings is 2. The summed E-state index contributed by atoms with van der Waals surface area (Å²) < 4.78 is 15.4. The number of carbonyl (C=O) groups is 3. The van der Waals surface area contributed by atoms with Crippen molar-refractivity contribution in [1.82, 2.24) is 4.90 Å². The van der Waals surface area contributed by atoms with Gasteiger partial charge in [0.1, 0.15) is 6.04 Å². The van der Waals surface area contributed by atoms with Gasteiger partial charge in [-0.1, -0.05) is 6.07 Å². The minimum Gasteiger partial charge on any atom is -0.493 e. The third-order valence-corrected chi connectivity index (χ3v) is 5.69. The number of non-ortho nitro benzene ring substituents is 1. The number of amides is 2. The maximum absolute atomic E-state index is 12.7. The molecule has 0 radical (unpaired) electrons. The molecule has 1 saturated heterocycles. The molecule has 0 N–H and O–H groups in total. The number of methoxy groups -OCH3 is 2. The highest BCUT2D eigenvalue weighted by atomic mass is 32.2. The van der Waals surface area contributed by atoms with Gasteiger partial charge in [-0.25, -0.2) is 4.79 Å². The van der Waals surface area contributed by atoms with Crippen LogP contribution in [0.25, 0.3) is 6.08 Å². The van der Waals surface area contributed by atoms with Crippen LogP contribution in [0.15, 0.2) is 41.3 Å². The van der Waals surface area contributed by atoms with Gasteiger partial charge in [0.05, 0.1) is 35.0 Å². The van der Waals surface area contributed by atoms with E-state index in [1.807, 2.05) is 0 Å². The Morgan fingerprint density at radius 2 is 1.71 bits per heavy atom. The van der Waals surface area contributed by atoms with Gasteiger partial charge in [0.15, 0.2) is 11.5 Å². The summed E-state index contributed by atoms with van der Waals surface area (Å²) in [6.07, 6.45) is 1.41. The van der Waals surface area contributed by atoms with E-state index in [0.717, 1.165) is 30.2 Å². The van der Waals surface area contributed by atoms with E-state index in [9.17, 15) is 34.6 Å². The third-order valence-electron chi connectivity index (χ3n) is 4.81. The predicted octanol–water partition coefficient (Wildman–Crippen LogP) is 3.90. The summed E-state index contributed by atoms with van der Waals surface area (Å²) in [5.74, 6) is -1.46. The van der Waals surface area contributed by atoms with E-state index in [-0.39, 0.29) is 22.2 Å². The first-order chi connectivity index (χ1) is 16.6. The van der Waals surface area contributed by atoms with Crippen molar-refractivity contribution in [2.24, 2.45) is 0 Å². The number of carbonyl (C=O) groups excluding carboxylic acids is 3. The summed E-state index contributed by atoms with van der Waals surface area (Å²) in [5, 5.41) is 21.6. The van der Waals surface area contributed by atoms with Gasteiger partial charge in [0.2, 0.25) is 5.75 Å². The number of nitro groups is 2. The molecule has 1 aliphatic heterocycles. The van der Waals surface area contributed by atoms with Gasteiger partial charge >= 0.3 is 11.7 Å². The molecule has 2 aromatic rings. The fraction of sp³-hybridized carbons (Fsp3) is 0.190. The van der Waals surface area contributed by atoms with E-state index in [1.54, 1.807) is 0 Å². The molecule has 0 bridgehead atoms. The number of nitrogens with zero attached hydrogens (tertiary/aromatic N) is 3. The summed E-state index contributed by atoms with van der Waals surface area (Å²) in [6, 6.07) is 6.23. The highest BCUT2D eigenvalue weighted by Crippen LogP contribution is 2.39. The maximum Gasteiger partial charge on any atom is 0.328 e. The first kappa shape index (κ1) is 25.2. The fourth-order valence-electron chi connectivity index (χ4n) is 3.07. The molecule has 0 aliphatic carbocycles.